The molecule has 2 aromatic heterocycles. The molecule has 2 aromatic rings. The molecule has 0 spiro atoms. The van der Waals surface area contributed by atoms with Crippen molar-refractivity contribution in [1.29, 1.82) is 0 Å². The highest BCUT2D eigenvalue weighted by molar-refractivity contribution is 9.09. The standard InChI is InChI=1S/C15H19BrS2/c1-5-10-6-7-11(17-10)14(16)12-8-9-13(18-12)15(2,3)4/h6-9,14H,5H2,1-4H3. The van der Waals surface area contributed by atoms with Crippen LogP contribution in [0, 0.1) is 0 Å². The smallest absolute Gasteiger partial charge is 0.0831 e. The first-order valence-electron chi connectivity index (χ1n) is 6.24. The van der Waals surface area contributed by atoms with Crippen molar-refractivity contribution in [1.82, 2.24) is 0 Å². The zero-order valence-electron chi connectivity index (χ0n) is 11.3. The van der Waals surface area contributed by atoms with E-state index in [9.17, 15) is 0 Å². The molecule has 0 aromatic carbocycles. The monoisotopic (exact) mass is 342 g/mol. The van der Waals surface area contributed by atoms with Gasteiger partial charge in [0.05, 0.1) is 4.83 Å². The summed E-state index contributed by atoms with van der Waals surface area (Å²) >= 11 is 7.67. The Morgan fingerprint density at radius 1 is 1.06 bits per heavy atom. The summed E-state index contributed by atoms with van der Waals surface area (Å²) in [7, 11) is 0. The molecule has 0 fully saturated rings. The van der Waals surface area contributed by atoms with Crippen LogP contribution in [0.2, 0.25) is 0 Å². The summed E-state index contributed by atoms with van der Waals surface area (Å²) in [4.78, 5) is 6.08. The highest BCUT2D eigenvalue weighted by Crippen LogP contribution is 2.41. The normalized spacial score (nSPS) is 13.8. The predicted octanol–water partition coefficient (Wildman–Crippen LogP) is 6.15. The van der Waals surface area contributed by atoms with Gasteiger partial charge in [-0.1, -0.05) is 43.6 Å². The van der Waals surface area contributed by atoms with Crippen molar-refractivity contribution in [3.05, 3.63) is 43.8 Å². The summed E-state index contributed by atoms with van der Waals surface area (Å²) < 4.78 is 0. The van der Waals surface area contributed by atoms with Crippen molar-refractivity contribution in [2.45, 2.75) is 44.4 Å². The first-order valence-corrected chi connectivity index (χ1v) is 8.79. The van der Waals surface area contributed by atoms with Crippen molar-refractivity contribution in [3.8, 4) is 0 Å². The first-order chi connectivity index (χ1) is 8.41. The molecule has 18 heavy (non-hydrogen) atoms. The largest absolute Gasteiger partial charge is 0.144 e. The number of hydrogen-bond acceptors (Lipinski definition) is 2. The Kier molecular flexibility index (Phi) is 4.35. The Bertz CT molecular complexity index is 517. The molecule has 1 unspecified atom stereocenters. The van der Waals surface area contributed by atoms with E-state index in [1.165, 1.54) is 19.5 Å². The van der Waals surface area contributed by atoms with Gasteiger partial charge in [-0.15, -0.1) is 22.7 Å². The molecular formula is C15H19BrS2. The van der Waals surface area contributed by atoms with Crippen LogP contribution in [-0.2, 0) is 11.8 Å². The van der Waals surface area contributed by atoms with Gasteiger partial charge in [0.25, 0.3) is 0 Å². The average molecular weight is 343 g/mol. The van der Waals surface area contributed by atoms with Crippen LogP contribution in [0.1, 0.15) is 52.0 Å². The van der Waals surface area contributed by atoms with Gasteiger partial charge in [0.2, 0.25) is 0 Å². The summed E-state index contributed by atoms with van der Waals surface area (Å²) in [5, 5.41) is 0. The number of rotatable bonds is 3. The number of aryl methyl sites for hydroxylation is 1. The lowest BCUT2D eigenvalue weighted by Crippen LogP contribution is -2.07. The van der Waals surface area contributed by atoms with Gasteiger partial charge >= 0.3 is 0 Å². The lowest BCUT2D eigenvalue weighted by atomic mass is 9.95. The van der Waals surface area contributed by atoms with Crippen molar-refractivity contribution >= 4 is 38.6 Å². The zero-order valence-corrected chi connectivity index (χ0v) is 14.5. The highest BCUT2D eigenvalue weighted by atomic mass is 79.9. The molecule has 98 valence electrons. The highest BCUT2D eigenvalue weighted by Gasteiger charge is 2.20. The van der Waals surface area contributed by atoms with Gasteiger partial charge in [-0.2, -0.15) is 0 Å². The van der Waals surface area contributed by atoms with E-state index >= 15 is 0 Å². The van der Waals surface area contributed by atoms with E-state index in [1.807, 2.05) is 22.7 Å². The maximum Gasteiger partial charge on any atom is 0.0831 e. The van der Waals surface area contributed by atoms with Crippen molar-refractivity contribution < 1.29 is 0 Å². The van der Waals surface area contributed by atoms with E-state index < -0.39 is 0 Å². The van der Waals surface area contributed by atoms with Crippen LogP contribution in [0.5, 0.6) is 0 Å². The maximum atomic E-state index is 3.84. The van der Waals surface area contributed by atoms with Gasteiger partial charge in [-0.05, 0) is 36.1 Å². The van der Waals surface area contributed by atoms with Gasteiger partial charge in [0.1, 0.15) is 0 Å². The van der Waals surface area contributed by atoms with E-state index in [0.29, 0.717) is 4.83 Å². The van der Waals surface area contributed by atoms with Gasteiger partial charge in [-0.25, -0.2) is 0 Å². The second-order valence-corrected chi connectivity index (χ2v) is 8.70. The minimum atomic E-state index is 0.250. The molecule has 0 saturated carbocycles. The van der Waals surface area contributed by atoms with E-state index in [4.69, 9.17) is 0 Å². The summed E-state index contributed by atoms with van der Waals surface area (Å²) in [5.74, 6) is 0. The van der Waals surface area contributed by atoms with Crippen LogP contribution < -0.4 is 0 Å². The molecule has 0 aliphatic rings. The topological polar surface area (TPSA) is 0 Å². The fourth-order valence-corrected chi connectivity index (χ4v) is 4.71. The van der Waals surface area contributed by atoms with Crippen LogP contribution in [0.25, 0.3) is 0 Å². The third-order valence-electron chi connectivity index (χ3n) is 2.90. The molecule has 3 heteroatoms. The molecular weight excluding hydrogens is 324 g/mol. The molecule has 0 radical (unpaired) electrons. The molecule has 2 rings (SSSR count). The number of thiophene rings is 2. The van der Waals surface area contributed by atoms with Crippen LogP contribution in [0.4, 0.5) is 0 Å². The van der Waals surface area contributed by atoms with E-state index in [1.54, 1.807) is 0 Å². The lowest BCUT2D eigenvalue weighted by molar-refractivity contribution is 0.604. The van der Waals surface area contributed by atoms with Crippen LogP contribution in [0.15, 0.2) is 24.3 Å². The Morgan fingerprint density at radius 3 is 2.17 bits per heavy atom. The molecule has 0 amide bonds. The molecule has 0 bridgehead atoms. The SMILES string of the molecule is CCc1ccc(C(Br)c2ccc(C(C)(C)C)s2)s1. The summed E-state index contributed by atoms with van der Waals surface area (Å²) in [6.45, 7) is 9.02. The summed E-state index contributed by atoms with van der Waals surface area (Å²) in [6.07, 6.45) is 1.13. The maximum absolute atomic E-state index is 3.84. The summed E-state index contributed by atoms with van der Waals surface area (Å²) in [6, 6.07) is 9.02. The van der Waals surface area contributed by atoms with Crippen LogP contribution in [0.3, 0.4) is 0 Å². The Hall–Kier alpha value is -0.120. The number of alkyl halides is 1. The number of hydrogen-bond donors (Lipinski definition) is 0. The lowest BCUT2D eigenvalue weighted by Gasteiger charge is -2.15. The van der Waals surface area contributed by atoms with E-state index in [2.05, 4.69) is 67.9 Å². The summed E-state index contributed by atoms with van der Waals surface area (Å²) in [5.41, 5.74) is 0.250. The minimum Gasteiger partial charge on any atom is -0.144 e. The second-order valence-electron chi connectivity index (χ2n) is 5.47. The molecule has 0 saturated heterocycles. The van der Waals surface area contributed by atoms with E-state index in [0.717, 1.165) is 6.42 Å². The fraction of sp³-hybridized carbons (Fsp3) is 0.467. The third kappa shape index (κ3) is 3.06. The molecule has 2 heterocycles. The van der Waals surface area contributed by atoms with Gasteiger partial charge in [-0.3, -0.25) is 0 Å². The van der Waals surface area contributed by atoms with Gasteiger partial charge in [0, 0.05) is 19.5 Å². The van der Waals surface area contributed by atoms with Crippen LogP contribution >= 0.6 is 38.6 Å². The van der Waals surface area contributed by atoms with Crippen molar-refractivity contribution in [2.24, 2.45) is 0 Å². The number of halogens is 1. The van der Waals surface area contributed by atoms with E-state index in [-0.39, 0.29) is 5.41 Å². The predicted molar refractivity (Wildman–Crippen MR) is 87.5 cm³/mol. The molecule has 0 aliphatic carbocycles. The minimum absolute atomic E-state index is 0.250. The zero-order chi connectivity index (χ0) is 13.3. The average Bonchev–Trinajstić information content (AvgIpc) is 2.96. The third-order valence-corrected chi connectivity index (χ3v) is 7.36. The van der Waals surface area contributed by atoms with Crippen molar-refractivity contribution in [2.75, 3.05) is 0 Å². The molecule has 1 atom stereocenters. The fourth-order valence-electron chi connectivity index (χ4n) is 1.75. The van der Waals surface area contributed by atoms with Crippen LogP contribution in [-0.4, -0.2) is 0 Å². The Labute approximate surface area is 126 Å². The molecule has 0 N–H and O–H groups in total. The first kappa shape index (κ1) is 14.3. The van der Waals surface area contributed by atoms with Crippen molar-refractivity contribution in [3.63, 3.8) is 0 Å². The second kappa shape index (κ2) is 5.48. The van der Waals surface area contributed by atoms with Gasteiger partial charge < -0.3 is 0 Å². The molecule has 0 nitrogen and oxygen atoms in total. The quantitative estimate of drug-likeness (QED) is 0.586. The van der Waals surface area contributed by atoms with Gasteiger partial charge in [0.15, 0.2) is 0 Å². The molecule has 0 aliphatic heterocycles. The Morgan fingerprint density at radius 2 is 1.67 bits per heavy atom. The Balaban J connectivity index is 2.23.